The molecule has 0 aromatic rings. The lowest BCUT2D eigenvalue weighted by atomic mass is 9.98. The summed E-state index contributed by atoms with van der Waals surface area (Å²) in [5.74, 6) is -0.443. The number of halogens is 2. The molecular weight excluding hydrogens is 193 g/mol. The van der Waals surface area contributed by atoms with E-state index in [1.54, 1.807) is 6.08 Å². The molecule has 0 bridgehead atoms. The summed E-state index contributed by atoms with van der Waals surface area (Å²) in [6.45, 7) is 0. The summed E-state index contributed by atoms with van der Waals surface area (Å²) in [6, 6.07) is 0. The van der Waals surface area contributed by atoms with Gasteiger partial charge in [0.2, 0.25) is 0 Å². The van der Waals surface area contributed by atoms with Crippen LogP contribution < -0.4 is 0 Å². The van der Waals surface area contributed by atoms with E-state index >= 15 is 0 Å². The first-order valence-corrected chi connectivity index (χ1v) is 4.09. The number of alkyl halides is 1. The van der Waals surface area contributed by atoms with Crippen molar-refractivity contribution in [1.82, 2.24) is 0 Å². The summed E-state index contributed by atoms with van der Waals surface area (Å²) >= 11 is 5.56. The van der Waals surface area contributed by atoms with Gasteiger partial charge in [-0.25, -0.2) is 9.38 Å². The second kappa shape index (κ2) is 2.92. The van der Waals surface area contributed by atoms with Crippen LogP contribution in [0.4, 0.5) is 4.39 Å². The highest BCUT2D eigenvalue weighted by Gasteiger charge is 2.26. The van der Waals surface area contributed by atoms with Gasteiger partial charge in [-0.3, -0.25) is 4.79 Å². The zero-order chi connectivity index (χ0) is 9.42. The average molecular weight is 198 g/mol. The van der Waals surface area contributed by atoms with Crippen molar-refractivity contribution < 1.29 is 9.18 Å². The highest BCUT2D eigenvalue weighted by Crippen LogP contribution is 2.25. The fourth-order valence-electron chi connectivity index (χ4n) is 1.20. The lowest BCUT2D eigenvalue weighted by Gasteiger charge is -2.17. The molecule has 4 heteroatoms. The van der Waals surface area contributed by atoms with Crippen LogP contribution in [0.15, 0.2) is 39.9 Å². The van der Waals surface area contributed by atoms with Gasteiger partial charge in [0.1, 0.15) is 0 Å². The molecule has 0 aromatic carbocycles. The van der Waals surface area contributed by atoms with Crippen molar-refractivity contribution in [3.05, 3.63) is 34.9 Å². The van der Waals surface area contributed by atoms with E-state index in [9.17, 15) is 9.18 Å². The van der Waals surface area contributed by atoms with Crippen molar-refractivity contribution in [1.29, 1.82) is 0 Å². The van der Waals surface area contributed by atoms with Gasteiger partial charge >= 0.3 is 0 Å². The van der Waals surface area contributed by atoms with Gasteiger partial charge < -0.3 is 0 Å². The highest BCUT2D eigenvalue weighted by molar-refractivity contribution is 6.34. The third-order valence-electron chi connectivity index (χ3n) is 1.84. The Morgan fingerprint density at radius 1 is 1.38 bits per heavy atom. The van der Waals surface area contributed by atoms with Gasteiger partial charge in [-0.05, 0) is 17.7 Å². The fourth-order valence-corrected chi connectivity index (χ4v) is 1.36. The van der Waals surface area contributed by atoms with Crippen molar-refractivity contribution in [3.63, 3.8) is 0 Å². The molecule has 1 unspecified atom stereocenters. The first-order chi connectivity index (χ1) is 6.18. The Labute approximate surface area is 79.1 Å². The monoisotopic (exact) mass is 197 g/mol. The maximum absolute atomic E-state index is 13.3. The minimum Gasteiger partial charge on any atom is -0.267 e. The van der Waals surface area contributed by atoms with Crippen LogP contribution in [0.3, 0.4) is 0 Å². The molecule has 0 saturated heterocycles. The molecule has 1 aliphatic heterocycles. The quantitative estimate of drug-likeness (QED) is 0.584. The number of allylic oxidation sites excluding steroid dienone is 5. The van der Waals surface area contributed by atoms with Gasteiger partial charge in [0.05, 0.1) is 10.7 Å². The Bertz CT molecular complexity index is 392. The van der Waals surface area contributed by atoms with Crippen LogP contribution in [0.25, 0.3) is 0 Å². The number of aliphatic imine (C=N–C) groups is 1. The number of rotatable bonds is 0. The van der Waals surface area contributed by atoms with Gasteiger partial charge in [0, 0.05) is 6.08 Å². The molecule has 0 saturated carbocycles. The van der Waals surface area contributed by atoms with E-state index in [1.165, 1.54) is 18.2 Å². The van der Waals surface area contributed by atoms with Crippen molar-refractivity contribution in [2.75, 3.05) is 0 Å². The van der Waals surface area contributed by atoms with Gasteiger partial charge in [-0.2, -0.15) is 0 Å². The first-order valence-electron chi connectivity index (χ1n) is 3.71. The molecule has 0 fully saturated rings. The third kappa shape index (κ3) is 1.35. The van der Waals surface area contributed by atoms with Crippen molar-refractivity contribution in [3.8, 4) is 0 Å². The maximum atomic E-state index is 13.3. The van der Waals surface area contributed by atoms with E-state index in [1.807, 2.05) is 0 Å². The number of fused-ring (bicyclic) bond motifs is 1. The lowest BCUT2D eigenvalue weighted by molar-refractivity contribution is -0.113. The Morgan fingerprint density at radius 3 is 2.92 bits per heavy atom. The highest BCUT2D eigenvalue weighted by atomic mass is 35.5. The van der Waals surface area contributed by atoms with Gasteiger partial charge in [-0.15, -0.1) is 0 Å². The number of hydrogen-bond acceptors (Lipinski definition) is 1. The number of nitrogens with zero attached hydrogens (tertiary/aromatic N) is 1. The molecule has 0 N–H and O–H groups in total. The summed E-state index contributed by atoms with van der Waals surface area (Å²) in [5, 5.41) is 0.0607. The number of hydrogen-bond donors (Lipinski definition) is 0. The lowest BCUT2D eigenvalue weighted by Crippen LogP contribution is -2.23. The van der Waals surface area contributed by atoms with Gasteiger partial charge in [0.15, 0.2) is 6.17 Å². The predicted octanol–water partition coefficient (Wildman–Crippen LogP) is 1.92. The van der Waals surface area contributed by atoms with Crippen LogP contribution in [-0.4, -0.2) is 17.8 Å². The van der Waals surface area contributed by atoms with Crippen LogP contribution in [0.5, 0.6) is 0 Å². The van der Waals surface area contributed by atoms with Gasteiger partial charge in [-0.1, -0.05) is 17.7 Å². The van der Waals surface area contributed by atoms with E-state index in [4.69, 9.17) is 11.6 Å². The Kier molecular flexibility index (Phi) is 1.88. The first kappa shape index (κ1) is 8.38. The second-order valence-electron chi connectivity index (χ2n) is 2.70. The summed E-state index contributed by atoms with van der Waals surface area (Å²) in [7, 11) is 0. The number of amides is 1. The molecule has 66 valence electrons. The Balaban J connectivity index is 2.49. The number of dihydropyridines is 1. The van der Waals surface area contributed by atoms with Crippen LogP contribution >= 0.6 is 11.6 Å². The predicted molar refractivity (Wildman–Crippen MR) is 48.5 cm³/mol. The Morgan fingerprint density at radius 2 is 2.15 bits per heavy atom. The molecule has 1 amide bonds. The molecule has 1 aliphatic carbocycles. The SMILES string of the molecule is O=C1C=CC2=CC=C(Cl)C(F)C2=N1. The molecule has 13 heavy (non-hydrogen) atoms. The van der Waals surface area contributed by atoms with Crippen LogP contribution in [-0.2, 0) is 4.79 Å². The minimum absolute atomic E-state index is 0.0607. The largest absolute Gasteiger partial charge is 0.270 e. The van der Waals surface area contributed by atoms with E-state index in [0.717, 1.165) is 0 Å². The van der Waals surface area contributed by atoms with E-state index in [-0.39, 0.29) is 10.7 Å². The zero-order valence-electron chi connectivity index (χ0n) is 6.50. The van der Waals surface area contributed by atoms with E-state index in [0.29, 0.717) is 5.57 Å². The van der Waals surface area contributed by atoms with Crippen LogP contribution in [0.2, 0.25) is 0 Å². The average Bonchev–Trinajstić information content (AvgIpc) is 2.12. The molecule has 0 aromatic heterocycles. The fraction of sp³-hybridized carbons (Fsp3) is 0.111. The van der Waals surface area contributed by atoms with Crippen molar-refractivity contribution in [2.45, 2.75) is 6.17 Å². The van der Waals surface area contributed by atoms with E-state index < -0.39 is 12.1 Å². The summed E-state index contributed by atoms with van der Waals surface area (Å²) < 4.78 is 13.3. The third-order valence-corrected chi connectivity index (χ3v) is 2.15. The second-order valence-corrected chi connectivity index (χ2v) is 3.14. The molecule has 0 radical (unpaired) electrons. The molecule has 2 nitrogen and oxygen atoms in total. The topological polar surface area (TPSA) is 29.4 Å². The molecule has 2 aliphatic rings. The van der Waals surface area contributed by atoms with Crippen molar-refractivity contribution >= 4 is 23.2 Å². The standard InChI is InChI=1S/C9H5ClFNO/c10-6-3-1-5-2-4-7(13)12-9(5)8(6)11/h1-4,8H. The van der Waals surface area contributed by atoms with E-state index in [2.05, 4.69) is 4.99 Å². The van der Waals surface area contributed by atoms with Crippen LogP contribution in [0.1, 0.15) is 0 Å². The molecule has 1 atom stereocenters. The van der Waals surface area contributed by atoms with Crippen LogP contribution in [0, 0.1) is 0 Å². The smallest absolute Gasteiger partial charge is 0.267 e. The van der Waals surface area contributed by atoms with Crippen molar-refractivity contribution in [2.24, 2.45) is 4.99 Å². The molecule has 0 spiro atoms. The Hall–Kier alpha value is -1.22. The minimum atomic E-state index is -1.46. The number of carbonyl (C=O) groups excluding carboxylic acids is 1. The normalized spacial score (nSPS) is 26.2. The van der Waals surface area contributed by atoms with Gasteiger partial charge in [0.25, 0.3) is 5.91 Å². The zero-order valence-corrected chi connectivity index (χ0v) is 7.25. The summed E-state index contributed by atoms with van der Waals surface area (Å²) in [4.78, 5) is 14.4. The summed E-state index contributed by atoms with van der Waals surface area (Å²) in [5.41, 5.74) is 0.719. The molecular formula is C9H5ClFNO. The number of carbonyl (C=O) groups is 1. The summed E-state index contributed by atoms with van der Waals surface area (Å²) in [6.07, 6.45) is 4.49. The molecule has 2 rings (SSSR count). The molecule has 1 heterocycles. The maximum Gasteiger partial charge on any atom is 0.270 e.